The van der Waals surface area contributed by atoms with Crippen LogP contribution in [0, 0.1) is 6.92 Å². The minimum Gasteiger partial charge on any atom is -0.469 e. The first-order chi connectivity index (χ1) is 9.15. The number of hydrogen-bond acceptors (Lipinski definition) is 3. The summed E-state index contributed by atoms with van der Waals surface area (Å²) < 4.78 is 4.56. The average molecular weight is 263 g/mol. The molecule has 1 amide bonds. The number of amides is 1. The van der Waals surface area contributed by atoms with Gasteiger partial charge in [0.2, 0.25) is 0 Å². The Labute approximate surface area is 114 Å². The van der Waals surface area contributed by atoms with Gasteiger partial charge in [-0.1, -0.05) is 24.6 Å². The third-order valence-corrected chi connectivity index (χ3v) is 2.96. The van der Waals surface area contributed by atoms with E-state index in [1.165, 1.54) is 7.11 Å². The highest BCUT2D eigenvalue weighted by atomic mass is 16.5. The number of aryl methyl sites for hydroxylation is 1. The van der Waals surface area contributed by atoms with Crippen LogP contribution in [0.5, 0.6) is 0 Å². The molecule has 1 rings (SSSR count). The molecule has 4 nitrogen and oxygen atoms in total. The van der Waals surface area contributed by atoms with Gasteiger partial charge in [-0.3, -0.25) is 9.59 Å². The molecule has 4 heteroatoms. The van der Waals surface area contributed by atoms with Crippen LogP contribution in [0.2, 0.25) is 0 Å². The van der Waals surface area contributed by atoms with Gasteiger partial charge in [-0.05, 0) is 31.4 Å². The molecule has 0 aliphatic carbocycles. The number of carbonyl (C=O) groups excluding carboxylic acids is 2. The Morgan fingerprint density at radius 1 is 1.16 bits per heavy atom. The summed E-state index contributed by atoms with van der Waals surface area (Å²) in [4.78, 5) is 22.8. The zero-order valence-electron chi connectivity index (χ0n) is 11.6. The summed E-state index contributed by atoms with van der Waals surface area (Å²) in [6, 6.07) is 7.52. The van der Waals surface area contributed by atoms with Crippen LogP contribution in [0.25, 0.3) is 0 Å². The van der Waals surface area contributed by atoms with Gasteiger partial charge in [-0.2, -0.15) is 0 Å². The number of hydrogen-bond donors (Lipinski definition) is 1. The minimum atomic E-state index is -0.177. The van der Waals surface area contributed by atoms with Crippen molar-refractivity contribution in [2.24, 2.45) is 0 Å². The highest BCUT2D eigenvalue weighted by molar-refractivity contribution is 5.95. The first-order valence-electron chi connectivity index (χ1n) is 6.56. The topological polar surface area (TPSA) is 55.4 Å². The van der Waals surface area contributed by atoms with Gasteiger partial charge in [0, 0.05) is 18.5 Å². The molecule has 0 spiro atoms. The number of carbonyl (C=O) groups is 2. The molecule has 0 aliphatic heterocycles. The second-order valence-corrected chi connectivity index (χ2v) is 4.46. The third-order valence-electron chi connectivity index (χ3n) is 2.96. The maximum Gasteiger partial charge on any atom is 0.305 e. The summed E-state index contributed by atoms with van der Waals surface area (Å²) in [6.45, 7) is 2.56. The first-order valence-corrected chi connectivity index (χ1v) is 6.56. The van der Waals surface area contributed by atoms with Gasteiger partial charge in [-0.15, -0.1) is 0 Å². The number of rotatable bonds is 7. The molecule has 0 radical (unpaired) electrons. The molecule has 1 aromatic rings. The zero-order chi connectivity index (χ0) is 14.1. The van der Waals surface area contributed by atoms with Gasteiger partial charge in [-0.25, -0.2) is 0 Å². The van der Waals surface area contributed by atoms with E-state index >= 15 is 0 Å². The molecule has 0 saturated carbocycles. The van der Waals surface area contributed by atoms with Crippen molar-refractivity contribution in [3.8, 4) is 0 Å². The Bertz CT molecular complexity index is 429. The van der Waals surface area contributed by atoms with Crippen molar-refractivity contribution < 1.29 is 14.3 Å². The normalized spacial score (nSPS) is 10.0. The lowest BCUT2D eigenvalue weighted by atomic mass is 10.1. The van der Waals surface area contributed by atoms with E-state index < -0.39 is 0 Å². The third kappa shape index (κ3) is 5.55. The molecule has 0 unspecified atom stereocenters. The van der Waals surface area contributed by atoms with E-state index in [1.54, 1.807) is 0 Å². The van der Waals surface area contributed by atoms with Gasteiger partial charge in [0.25, 0.3) is 5.91 Å². The van der Waals surface area contributed by atoms with Crippen LogP contribution >= 0.6 is 0 Å². The molecule has 0 aromatic heterocycles. The van der Waals surface area contributed by atoms with E-state index in [0.29, 0.717) is 13.0 Å². The van der Waals surface area contributed by atoms with Crippen LogP contribution in [-0.2, 0) is 9.53 Å². The van der Waals surface area contributed by atoms with Crippen LogP contribution in [0.15, 0.2) is 24.3 Å². The summed E-state index contributed by atoms with van der Waals surface area (Å²) >= 11 is 0. The van der Waals surface area contributed by atoms with Gasteiger partial charge in [0.1, 0.15) is 0 Å². The van der Waals surface area contributed by atoms with Crippen LogP contribution in [0.1, 0.15) is 41.6 Å². The van der Waals surface area contributed by atoms with Crippen LogP contribution < -0.4 is 5.32 Å². The van der Waals surface area contributed by atoms with Crippen molar-refractivity contribution in [1.29, 1.82) is 0 Å². The fraction of sp³-hybridized carbons (Fsp3) is 0.467. The second kappa shape index (κ2) is 8.29. The molecular weight excluding hydrogens is 242 g/mol. The Kier molecular flexibility index (Phi) is 6.64. The molecule has 104 valence electrons. The molecule has 0 saturated heterocycles. The number of esters is 1. The molecular formula is C15H21NO3. The van der Waals surface area contributed by atoms with Crippen molar-refractivity contribution in [3.63, 3.8) is 0 Å². The van der Waals surface area contributed by atoms with Gasteiger partial charge < -0.3 is 10.1 Å². The molecule has 1 N–H and O–H groups in total. The molecule has 1 aromatic carbocycles. The standard InChI is InChI=1S/C15H21NO3/c1-12-8-5-6-9-13(12)15(18)16-11-7-3-4-10-14(17)19-2/h5-6,8-9H,3-4,7,10-11H2,1-2H3,(H,16,18). The summed E-state index contributed by atoms with van der Waals surface area (Å²) in [7, 11) is 1.39. The van der Waals surface area contributed by atoms with Crippen molar-refractivity contribution >= 4 is 11.9 Å². The van der Waals surface area contributed by atoms with E-state index in [-0.39, 0.29) is 11.9 Å². The molecule has 0 heterocycles. The lowest BCUT2D eigenvalue weighted by Crippen LogP contribution is -2.25. The summed E-state index contributed by atoms with van der Waals surface area (Å²) in [6.07, 6.45) is 3.02. The first kappa shape index (κ1) is 15.2. The summed E-state index contributed by atoms with van der Waals surface area (Å²) in [5.74, 6) is -0.213. The maximum absolute atomic E-state index is 11.9. The number of unbranched alkanes of at least 4 members (excludes halogenated alkanes) is 2. The fourth-order valence-electron chi connectivity index (χ4n) is 1.80. The van der Waals surface area contributed by atoms with E-state index in [9.17, 15) is 9.59 Å². The highest BCUT2D eigenvalue weighted by Gasteiger charge is 2.06. The SMILES string of the molecule is COC(=O)CCCCCNC(=O)c1ccccc1C. The van der Waals surface area contributed by atoms with Crippen molar-refractivity contribution in [2.75, 3.05) is 13.7 Å². The van der Waals surface area contributed by atoms with Crippen LogP contribution in [0.3, 0.4) is 0 Å². The molecule has 0 bridgehead atoms. The number of methoxy groups -OCH3 is 1. The van der Waals surface area contributed by atoms with E-state index in [4.69, 9.17) is 0 Å². The fourth-order valence-corrected chi connectivity index (χ4v) is 1.80. The lowest BCUT2D eigenvalue weighted by molar-refractivity contribution is -0.140. The smallest absolute Gasteiger partial charge is 0.305 e. The maximum atomic E-state index is 11.9. The predicted molar refractivity (Wildman–Crippen MR) is 74.0 cm³/mol. The molecule has 0 fully saturated rings. The molecule has 0 aliphatic rings. The van der Waals surface area contributed by atoms with Crippen molar-refractivity contribution in [1.82, 2.24) is 5.32 Å². The van der Waals surface area contributed by atoms with E-state index in [0.717, 1.165) is 30.4 Å². The van der Waals surface area contributed by atoms with Crippen LogP contribution in [0.4, 0.5) is 0 Å². The van der Waals surface area contributed by atoms with Gasteiger partial charge in [0.05, 0.1) is 7.11 Å². The highest BCUT2D eigenvalue weighted by Crippen LogP contribution is 2.06. The zero-order valence-corrected chi connectivity index (χ0v) is 11.6. The monoisotopic (exact) mass is 263 g/mol. The molecule has 19 heavy (non-hydrogen) atoms. The van der Waals surface area contributed by atoms with Crippen molar-refractivity contribution in [2.45, 2.75) is 32.6 Å². The minimum absolute atomic E-state index is 0.0360. The van der Waals surface area contributed by atoms with Gasteiger partial charge in [0.15, 0.2) is 0 Å². The average Bonchev–Trinajstić information content (AvgIpc) is 2.42. The summed E-state index contributed by atoms with van der Waals surface area (Å²) in [5, 5.41) is 2.89. The van der Waals surface area contributed by atoms with E-state index in [2.05, 4.69) is 10.1 Å². The predicted octanol–water partition coefficient (Wildman–Crippen LogP) is 2.46. The van der Waals surface area contributed by atoms with E-state index in [1.807, 2.05) is 31.2 Å². The Morgan fingerprint density at radius 3 is 2.58 bits per heavy atom. The van der Waals surface area contributed by atoms with Crippen molar-refractivity contribution in [3.05, 3.63) is 35.4 Å². The lowest BCUT2D eigenvalue weighted by Gasteiger charge is -2.07. The van der Waals surface area contributed by atoms with Crippen LogP contribution in [-0.4, -0.2) is 25.5 Å². The quantitative estimate of drug-likeness (QED) is 0.607. The number of benzene rings is 1. The largest absolute Gasteiger partial charge is 0.469 e. The molecule has 0 atom stereocenters. The Hall–Kier alpha value is -1.84. The second-order valence-electron chi connectivity index (χ2n) is 4.46. The summed E-state index contributed by atoms with van der Waals surface area (Å²) in [5.41, 5.74) is 1.70. The van der Waals surface area contributed by atoms with Gasteiger partial charge >= 0.3 is 5.97 Å². The number of nitrogens with one attached hydrogen (secondary N) is 1. The Balaban J connectivity index is 2.18. The Morgan fingerprint density at radius 2 is 1.89 bits per heavy atom. The number of ether oxygens (including phenoxy) is 1.